The Labute approximate surface area is 76.5 Å². The molecule has 0 spiro atoms. The second-order valence-electron chi connectivity index (χ2n) is 2.96. The highest BCUT2D eigenvalue weighted by molar-refractivity contribution is 5.83. The van der Waals surface area contributed by atoms with Crippen molar-refractivity contribution in [1.82, 2.24) is 0 Å². The monoisotopic (exact) mass is 180 g/mol. The minimum atomic E-state index is -0.298. The van der Waals surface area contributed by atoms with Crippen molar-refractivity contribution in [3.05, 3.63) is 34.8 Å². The van der Waals surface area contributed by atoms with Crippen LogP contribution in [0.2, 0.25) is 0 Å². The lowest BCUT2D eigenvalue weighted by molar-refractivity contribution is -0.613. The largest absolute Gasteiger partial charge is 0.618 e. The first-order valence-corrected chi connectivity index (χ1v) is 3.99. The van der Waals surface area contributed by atoms with Crippen molar-refractivity contribution >= 4 is 5.71 Å². The van der Waals surface area contributed by atoms with Crippen LogP contribution in [-0.4, -0.2) is 17.4 Å². The van der Waals surface area contributed by atoms with Gasteiger partial charge in [-0.2, -0.15) is 4.73 Å². The summed E-state index contributed by atoms with van der Waals surface area (Å²) < 4.78 is 0.719. The predicted molar refractivity (Wildman–Crippen MR) is 48.7 cm³/mol. The third-order valence-electron chi connectivity index (χ3n) is 1.74. The van der Waals surface area contributed by atoms with Gasteiger partial charge in [-0.05, 0) is 12.5 Å². The Kier molecular flexibility index (Phi) is 2.97. The quantitative estimate of drug-likeness (QED) is 0.396. The number of hydrogen-bond acceptors (Lipinski definition) is 3. The molecular weight excluding hydrogens is 168 g/mol. The van der Waals surface area contributed by atoms with E-state index in [2.05, 4.69) is 0 Å². The molecule has 0 unspecified atom stereocenters. The molecule has 0 aliphatic rings. The van der Waals surface area contributed by atoms with Crippen LogP contribution in [0.1, 0.15) is 11.3 Å². The van der Waals surface area contributed by atoms with Gasteiger partial charge in [-0.15, -0.1) is 0 Å². The van der Waals surface area contributed by atoms with Crippen LogP contribution in [0.15, 0.2) is 18.3 Å². The molecule has 0 aliphatic carbocycles. The summed E-state index contributed by atoms with van der Waals surface area (Å²) in [6.07, 6.45) is 1.62. The number of hydrogen-bond donors (Lipinski definition) is 2. The van der Waals surface area contributed by atoms with Crippen molar-refractivity contribution < 1.29 is 9.84 Å². The zero-order valence-electron chi connectivity index (χ0n) is 7.45. The van der Waals surface area contributed by atoms with Gasteiger partial charge in [0.25, 0.3) is 0 Å². The molecule has 0 aromatic carbocycles. The summed E-state index contributed by atoms with van der Waals surface area (Å²) in [7, 11) is 0. The van der Waals surface area contributed by atoms with Gasteiger partial charge in [0.05, 0.1) is 13.0 Å². The molecule has 0 amide bonds. The van der Waals surface area contributed by atoms with Crippen molar-refractivity contribution in [2.45, 2.75) is 13.3 Å². The molecule has 4 heteroatoms. The van der Waals surface area contributed by atoms with Gasteiger partial charge in [-0.1, -0.05) is 0 Å². The second kappa shape index (κ2) is 4.00. The number of aryl methyl sites for hydroxylation is 1. The lowest BCUT2D eigenvalue weighted by atomic mass is 10.1. The van der Waals surface area contributed by atoms with Gasteiger partial charge >= 0.3 is 0 Å². The molecule has 2 N–H and O–H groups in total. The fraction of sp³-hybridized carbons (Fsp3) is 0.333. The Balaban J connectivity index is 2.87. The highest BCUT2D eigenvalue weighted by Gasteiger charge is 2.07. The first-order valence-electron chi connectivity index (χ1n) is 3.99. The van der Waals surface area contributed by atoms with Gasteiger partial charge in [-0.3, -0.25) is 0 Å². The molecule has 0 fully saturated rings. The van der Waals surface area contributed by atoms with Gasteiger partial charge in [0.2, 0.25) is 0 Å². The van der Waals surface area contributed by atoms with E-state index in [0.29, 0.717) is 5.69 Å². The first kappa shape index (κ1) is 9.67. The van der Waals surface area contributed by atoms with Crippen molar-refractivity contribution in [2.24, 2.45) is 0 Å². The van der Waals surface area contributed by atoms with Crippen LogP contribution in [0.4, 0.5) is 0 Å². The zero-order chi connectivity index (χ0) is 9.84. The summed E-state index contributed by atoms with van der Waals surface area (Å²) in [5.74, 6) is 0. The van der Waals surface area contributed by atoms with Crippen LogP contribution in [-0.2, 0) is 6.42 Å². The third kappa shape index (κ3) is 2.52. The number of nitrogens with zero attached hydrogens (tertiary/aromatic N) is 1. The summed E-state index contributed by atoms with van der Waals surface area (Å²) >= 11 is 0. The van der Waals surface area contributed by atoms with Crippen LogP contribution in [0.3, 0.4) is 0 Å². The second-order valence-corrected chi connectivity index (χ2v) is 2.96. The number of aliphatic hydroxyl groups is 1. The van der Waals surface area contributed by atoms with Gasteiger partial charge in [-0.25, -0.2) is 0 Å². The normalized spacial score (nSPS) is 10.0. The van der Waals surface area contributed by atoms with E-state index in [1.54, 1.807) is 12.1 Å². The molecule has 1 aromatic heterocycles. The SMILES string of the molecule is Cc1cc[n+]([O-])c(CC(=N)CO)c1. The molecule has 70 valence electrons. The van der Waals surface area contributed by atoms with Crippen molar-refractivity contribution in [2.75, 3.05) is 6.61 Å². The molecule has 0 bridgehead atoms. The van der Waals surface area contributed by atoms with Gasteiger partial charge in [0.15, 0.2) is 11.9 Å². The average molecular weight is 180 g/mol. The molecule has 0 atom stereocenters. The number of nitrogens with one attached hydrogen (secondary N) is 1. The lowest BCUT2D eigenvalue weighted by Crippen LogP contribution is -2.33. The summed E-state index contributed by atoms with van der Waals surface area (Å²) in [6, 6.07) is 3.43. The highest BCUT2D eigenvalue weighted by Crippen LogP contribution is 1.99. The van der Waals surface area contributed by atoms with Crippen LogP contribution in [0.25, 0.3) is 0 Å². The molecule has 0 saturated heterocycles. The zero-order valence-corrected chi connectivity index (χ0v) is 7.45. The van der Waals surface area contributed by atoms with E-state index in [9.17, 15) is 5.21 Å². The van der Waals surface area contributed by atoms with Crippen LogP contribution < -0.4 is 4.73 Å². The molecule has 1 aromatic rings. The summed E-state index contributed by atoms with van der Waals surface area (Å²) in [5, 5.41) is 27.0. The molecule has 0 saturated carbocycles. The Morgan fingerprint density at radius 1 is 1.69 bits per heavy atom. The van der Waals surface area contributed by atoms with E-state index in [1.807, 2.05) is 6.92 Å². The standard InChI is InChI=1S/C9H12N2O2/c1-7-2-3-11(13)9(4-7)5-8(10)6-12/h2-4,10,12H,5-6H2,1H3. The van der Waals surface area contributed by atoms with E-state index < -0.39 is 0 Å². The van der Waals surface area contributed by atoms with Gasteiger partial charge in [0.1, 0.15) is 0 Å². The van der Waals surface area contributed by atoms with E-state index >= 15 is 0 Å². The topological polar surface area (TPSA) is 71.0 Å². The first-order chi connectivity index (χ1) is 6.13. The third-order valence-corrected chi connectivity index (χ3v) is 1.74. The van der Waals surface area contributed by atoms with Gasteiger partial charge in [0, 0.05) is 17.8 Å². The minimum absolute atomic E-state index is 0.148. The summed E-state index contributed by atoms with van der Waals surface area (Å²) in [4.78, 5) is 0. The molecular formula is C9H12N2O2. The fourth-order valence-corrected chi connectivity index (χ4v) is 1.06. The van der Waals surface area contributed by atoms with Crippen molar-refractivity contribution in [3.63, 3.8) is 0 Å². The maximum Gasteiger partial charge on any atom is 0.198 e. The summed E-state index contributed by atoms with van der Waals surface area (Å²) in [6.45, 7) is 1.58. The van der Waals surface area contributed by atoms with Crippen LogP contribution >= 0.6 is 0 Å². The smallest absolute Gasteiger partial charge is 0.198 e. The molecule has 13 heavy (non-hydrogen) atoms. The van der Waals surface area contributed by atoms with Crippen LogP contribution in [0, 0.1) is 17.5 Å². The summed E-state index contributed by atoms with van der Waals surface area (Å²) in [5.41, 5.74) is 1.63. The maximum absolute atomic E-state index is 11.2. The Hall–Kier alpha value is -1.42. The highest BCUT2D eigenvalue weighted by atomic mass is 16.5. The Morgan fingerprint density at radius 2 is 2.38 bits per heavy atom. The average Bonchev–Trinajstić information content (AvgIpc) is 2.11. The minimum Gasteiger partial charge on any atom is -0.618 e. The van der Waals surface area contributed by atoms with E-state index in [1.165, 1.54) is 6.20 Å². The van der Waals surface area contributed by atoms with Crippen molar-refractivity contribution in [1.29, 1.82) is 5.41 Å². The van der Waals surface area contributed by atoms with E-state index in [-0.39, 0.29) is 18.7 Å². The molecule has 0 aliphatic heterocycles. The number of rotatable bonds is 3. The Bertz CT molecular complexity index is 323. The van der Waals surface area contributed by atoms with Gasteiger partial charge < -0.3 is 15.7 Å². The number of aromatic nitrogens is 1. The fourth-order valence-electron chi connectivity index (χ4n) is 1.06. The molecule has 4 nitrogen and oxygen atoms in total. The van der Waals surface area contributed by atoms with Crippen molar-refractivity contribution in [3.8, 4) is 0 Å². The number of pyridine rings is 1. The Morgan fingerprint density at radius 3 is 3.00 bits per heavy atom. The lowest BCUT2D eigenvalue weighted by Gasteiger charge is -2.04. The molecule has 1 heterocycles. The molecule has 1 rings (SSSR count). The van der Waals surface area contributed by atoms with E-state index in [0.717, 1.165) is 10.3 Å². The van der Waals surface area contributed by atoms with Crippen LogP contribution in [0.5, 0.6) is 0 Å². The number of aliphatic hydroxyl groups excluding tert-OH is 1. The molecule has 0 radical (unpaired) electrons. The maximum atomic E-state index is 11.2. The predicted octanol–water partition coefficient (Wildman–Crippen LogP) is 0.183. The van der Waals surface area contributed by atoms with E-state index in [4.69, 9.17) is 10.5 Å².